The summed E-state index contributed by atoms with van der Waals surface area (Å²) in [4.78, 5) is 25.8. The van der Waals surface area contributed by atoms with Gasteiger partial charge in [0.15, 0.2) is 5.76 Å². The fourth-order valence-corrected chi connectivity index (χ4v) is 2.46. The number of carboxylic acid groups (broad SMARTS) is 1. The molecule has 1 saturated carbocycles. The van der Waals surface area contributed by atoms with Gasteiger partial charge in [-0.3, -0.25) is 4.79 Å². The molecule has 1 amide bonds. The number of hydrogen-bond donors (Lipinski definition) is 1. The second-order valence-corrected chi connectivity index (χ2v) is 6.03. The Morgan fingerprint density at radius 2 is 2.00 bits per heavy atom. The smallest absolute Gasteiger partial charge is 0.339 e. The van der Waals surface area contributed by atoms with E-state index in [2.05, 4.69) is 13.8 Å². The first-order valence-electron chi connectivity index (χ1n) is 7.55. The molecule has 0 aliphatic heterocycles. The van der Waals surface area contributed by atoms with Gasteiger partial charge in [-0.15, -0.1) is 0 Å². The van der Waals surface area contributed by atoms with Gasteiger partial charge in [-0.05, 0) is 25.7 Å². The lowest BCUT2D eigenvalue weighted by Crippen LogP contribution is -2.43. The van der Waals surface area contributed by atoms with E-state index in [1.807, 2.05) is 18.7 Å². The summed E-state index contributed by atoms with van der Waals surface area (Å²) in [5.74, 6) is -0.401. The van der Waals surface area contributed by atoms with Gasteiger partial charge in [-0.1, -0.05) is 20.8 Å². The number of amides is 1. The number of rotatable bonds is 6. The number of furan rings is 1. The summed E-state index contributed by atoms with van der Waals surface area (Å²) in [7, 11) is 0. The lowest BCUT2D eigenvalue weighted by atomic mass is 10.0. The van der Waals surface area contributed by atoms with Crippen LogP contribution in [0.25, 0.3) is 0 Å². The van der Waals surface area contributed by atoms with E-state index >= 15 is 0 Å². The van der Waals surface area contributed by atoms with Gasteiger partial charge in [0.05, 0.1) is 0 Å². The maximum Gasteiger partial charge on any atom is 0.339 e. The number of nitrogens with zero attached hydrogens (tertiary/aromatic N) is 1. The van der Waals surface area contributed by atoms with Gasteiger partial charge in [-0.2, -0.15) is 0 Å². The van der Waals surface area contributed by atoms with E-state index < -0.39 is 5.97 Å². The van der Waals surface area contributed by atoms with Crippen molar-refractivity contribution >= 4 is 11.9 Å². The lowest BCUT2D eigenvalue weighted by Gasteiger charge is -2.31. The Morgan fingerprint density at radius 3 is 2.38 bits per heavy atom. The highest BCUT2D eigenvalue weighted by Crippen LogP contribution is 2.32. The van der Waals surface area contributed by atoms with Crippen LogP contribution in [0.3, 0.4) is 0 Å². The van der Waals surface area contributed by atoms with Crippen molar-refractivity contribution in [1.82, 2.24) is 4.90 Å². The van der Waals surface area contributed by atoms with Crippen LogP contribution in [0.1, 0.15) is 67.2 Å². The molecular formula is C16H23NO4. The SMILES string of the molecule is CCc1oc(C(=O)N(C2CC2)C(C)C(C)C)cc1C(=O)O. The molecule has 0 spiro atoms. The number of aromatic carboxylic acids is 1. The van der Waals surface area contributed by atoms with Crippen molar-refractivity contribution in [3.8, 4) is 0 Å². The summed E-state index contributed by atoms with van der Waals surface area (Å²) in [5.41, 5.74) is 0.0915. The molecule has 1 atom stereocenters. The molecule has 1 aliphatic rings. The van der Waals surface area contributed by atoms with Gasteiger partial charge in [0.25, 0.3) is 5.91 Å². The van der Waals surface area contributed by atoms with Gasteiger partial charge in [0.1, 0.15) is 11.3 Å². The molecular weight excluding hydrogens is 270 g/mol. The van der Waals surface area contributed by atoms with Crippen LogP contribution in [-0.4, -0.2) is 34.0 Å². The van der Waals surface area contributed by atoms with Crippen molar-refractivity contribution in [2.24, 2.45) is 5.92 Å². The Kier molecular flexibility index (Phi) is 4.40. The van der Waals surface area contributed by atoms with E-state index in [1.165, 1.54) is 6.07 Å². The van der Waals surface area contributed by atoms with E-state index in [1.54, 1.807) is 0 Å². The fourth-order valence-electron chi connectivity index (χ4n) is 2.46. The molecule has 1 unspecified atom stereocenters. The number of carboxylic acids is 1. The highest BCUT2D eigenvalue weighted by atomic mass is 16.4. The molecule has 5 nitrogen and oxygen atoms in total. The first-order chi connectivity index (χ1) is 9.86. The van der Waals surface area contributed by atoms with E-state index in [-0.39, 0.29) is 29.3 Å². The second kappa shape index (κ2) is 5.92. The summed E-state index contributed by atoms with van der Waals surface area (Å²) in [5, 5.41) is 9.16. The minimum absolute atomic E-state index is 0.0915. The van der Waals surface area contributed by atoms with Crippen LogP contribution in [0, 0.1) is 5.92 Å². The zero-order valence-corrected chi connectivity index (χ0v) is 13.0. The minimum atomic E-state index is -1.05. The molecule has 0 aromatic carbocycles. The van der Waals surface area contributed by atoms with Crippen molar-refractivity contribution in [2.45, 2.75) is 59.0 Å². The Bertz CT molecular complexity index is 542. The molecule has 0 radical (unpaired) electrons. The molecule has 1 aromatic heterocycles. The number of aryl methyl sites for hydroxylation is 1. The Morgan fingerprint density at radius 1 is 1.38 bits per heavy atom. The topological polar surface area (TPSA) is 70.8 Å². The van der Waals surface area contributed by atoms with Crippen LogP contribution in [0.4, 0.5) is 0 Å². The quantitative estimate of drug-likeness (QED) is 0.874. The average Bonchev–Trinajstić information content (AvgIpc) is 3.15. The van der Waals surface area contributed by atoms with Gasteiger partial charge in [0, 0.05) is 24.6 Å². The van der Waals surface area contributed by atoms with E-state index in [0.717, 1.165) is 12.8 Å². The third kappa shape index (κ3) is 3.12. The van der Waals surface area contributed by atoms with Crippen LogP contribution in [0.15, 0.2) is 10.5 Å². The van der Waals surface area contributed by atoms with Gasteiger partial charge in [-0.25, -0.2) is 4.79 Å². The van der Waals surface area contributed by atoms with Crippen LogP contribution in [0.2, 0.25) is 0 Å². The summed E-state index contributed by atoms with van der Waals surface area (Å²) < 4.78 is 5.50. The summed E-state index contributed by atoms with van der Waals surface area (Å²) in [6.07, 6.45) is 2.48. The van der Waals surface area contributed by atoms with E-state index in [0.29, 0.717) is 18.1 Å². The van der Waals surface area contributed by atoms with Crippen LogP contribution in [0.5, 0.6) is 0 Å². The highest BCUT2D eigenvalue weighted by molar-refractivity contribution is 5.96. The summed E-state index contributed by atoms with van der Waals surface area (Å²) in [6.45, 7) is 8.00. The monoisotopic (exact) mass is 293 g/mol. The van der Waals surface area contributed by atoms with Gasteiger partial charge < -0.3 is 14.4 Å². The predicted octanol–water partition coefficient (Wildman–Crippen LogP) is 3.19. The molecule has 1 heterocycles. The normalized spacial score (nSPS) is 16.0. The predicted molar refractivity (Wildman–Crippen MR) is 78.5 cm³/mol. The first kappa shape index (κ1) is 15.6. The zero-order valence-electron chi connectivity index (χ0n) is 13.0. The molecule has 2 rings (SSSR count). The minimum Gasteiger partial charge on any atom is -0.478 e. The van der Waals surface area contributed by atoms with Gasteiger partial charge >= 0.3 is 5.97 Å². The van der Waals surface area contributed by atoms with Crippen molar-refractivity contribution < 1.29 is 19.1 Å². The largest absolute Gasteiger partial charge is 0.478 e. The third-order valence-corrected chi connectivity index (χ3v) is 4.15. The maximum absolute atomic E-state index is 12.7. The molecule has 0 bridgehead atoms. The van der Waals surface area contributed by atoms with Crippen LogP contribution >= 0.6 is 0 Å². The molecule has 0 saturated heterocycles. The molecule has 21 heavy (non-hydrogen) atoms. The summed E-state index contributed by atoms with van der Waals surface area (Å²) >= 11 is 0. The molecule has 1 aliphatic carbocycles. The molecule has 1 fully saturated rings. The third-order valence-electron chi connectivity index (χ3n) is 4.15. The Labute approximate surface area is 124 Å². The fraction of sp³-hybridized carbons (Fsp3) is 0.625. The first-order valence-corrected chi connectivity index (χ1v) is 7.55. The number of carbonyl (C=O) groups is 2. The molecule has 5 heteroatoms. The standard InChI is InChI=1S/C16H23NO4/c1-5-13-12(16(19)20)8-14(21-13)15(18)17(11-6-7-11)10(4)9(2)3/h8-11H,5-7H2,1-4H3,(H,19,20). The summed E-state index contributed by atoms with van der Waals surface area (Å²) in [6, 6.07) is 1.73. The maximum atomic E-state index is 12.7. The molecule has 1 aromatic rings. The van der Waals surface area contributed by atoms with E-state index in [9.17, 15) is 9.59 Å². The second-order valence-electron chi connectivity index (χ2n) is 6.03. The highest BCUT2D eigenvalue weighted by Gasteiger charge is 2.38. The lowest BCUT2D eigenvalue weighted by molar-refractivity contribution is 0.0592. The Hall–Kier alpha value is -1.78. The zero-order chi connectivity index (χ0) is 15.7. The Balaban J connectivity index is 2.31. The van der Waals surface area contributed by atoms with Crippen molar-refractivity contribution in [1.29, 1.82) is 0 Å². The van der Waals surface area contributed by atoms with Crippen molar-refractivity contribution in [2.75, 3.05) is 0 Å². The van der Waals surface area contributed by atoms with Crippen molar-refractivity contribution in [3.63, 3.8) is 0 Å². The van der Waals surface area contributed by atoms with Gasteiger partial charge in [0.2, 0.25) is 0 Å². The number of carbonyl (C=O) groups excluding carboxylic acids is 1. The van der Waals surface area contributed by atoms with Crippen LogP contribution < -0.4 is 0 Å². The molecule has 116 valence electrons. The van der Waals surface area contributed by atoms with E-state index in [4.69, 9.17) is 9.52 Å². The van der Waals surface area contributed by atoms with Crippen LogP contribution in [-0.2, 0) is 6.42 Å². The molecule has 1 N–H and O–H groups in total. The average molecular weight is 293 g/mol. The van der Waals surface area contributed by atoms with Crippen molar-refractivity contribution in [3.05, 3.63) is 23.2 Å². The number of hydrogen-bond acceptors (Lipinski definition) is 3.